The van der Waals surface area contributed by atoms with Crippen LogP contribution in [0, 0.1) is 18.6 Å². The molecule has 0 atom stereocenters. The van der Waals surface area contributed by atoms with Gasteiger partial charge in [0, 0.05) is 43.4 Å². The molecular formula is C40H34F2N4O5. The monoisotopic (exact) mass is 688 g/mol. The van der Waals surface area contributed by atoms with Crippen LogP contribution in [0.1, 0.15) is 50.5 Å². The predicted octanol–water partition coefficient (Wildman–Crippen LogP) is 7.52. The van der Waals surface area contributed by atoms with Crippen LogP contribution in [-0.2, 0) is 16.9 Å². The van der Waals surface area contributed by atoms with Crippen molar-refractivity contribution in [2.75, 3.05) is 14.2 Å². The van der Waals surface area contributed by atoms with Gasteiger partial charge in [-0.15, -0.1) is 0 Å². The normalized spacial score (nSPS) is 16.8. The first-order chi connectivity index (χ1) is 24.7. The van der Waals surface area contributed by atoms with Gasteiger partial charge in [-0.2, -0.15) is 0 Å². The summed E-state index contributed by atoms with van der Waals surface area (Å²) in [5.41, 5.74) is 2.02. The Morgan fingerprint density at radius 3 is 2.33 bits per heavy atom. The lowest BCUT2D eigenvalue weighted by Crippen LogP contribution is -2.58. The second kappa shape index (κ2) is 13.8. The largest absolute Gasteiger partial charge is 0.496 e. The number of hydrogen-bond donors (Lipinski definition) is 2. The highest BCUT2D eigenvalue weighted by atomic mass is 19.1. The van der Waals surface area contributed by atoms with Crippen LogP contribution in [0.5, 0.6) is 5.75 Å². The summed E-state index contributed by atoms with van der Waals surface area (Å²) in [6, 6.07) is 23.3. The lowest BCUT2D eigenvalue weighted by atomic mass is 9.73. The first kappa shape index (κ1) is 33.6. The van der Waals surface area contributed by atoms with E-state index in [1.54, 1.807) is 49.6 Å². The number of amides is 2. The number of ether oxygens (including phenoxy) is 2. The Hall–Kier alpha value is -5.94. The number of fused-ring (bicyclic) bond motifs is 1. The number of aromatic nitrogens is 2. The maximum Gasteiger partial charge on any atom is 0.255 e. The zero-order chi connectivity index (χ0) is 35.7. The summed E-state index contributed by atoms with van der Waals surface area (Å²) in [5.74, 6) is -1.35. The van der Waals surface area contributed by atoms with Gasteiger partial charge in [-0.05, 0) is 78.2 Å². The molecule has 0 bridgehead atoms. The molecule has 6 aromatic rings. The lowest BCUT2D eigenvalue weighted by molar-refractivity contribution is -0.0664. The Bertz CT molecular complexity index is 2240. The van der Waals surface area contributed by atoms with E-state index in [4.69, 9.17) is 13.9 Å². The van der Waals surface area contributed by atoms with Crippen LogP contribution < -0.4 is 15.4 Å². The van der Waals surface area contributed by atoms with Crippen molar-refractivity contribution in [3.8, 4) is 28.2 Å². The van der Waals surface area contributed by atoms with E-state index >= 15 is 4.39 Å². The van der Waals surface area contributed by atoms with Crippen LogP contribution in [0.4, 0.5) is 8.78 Å². The topological polar surface area (TPSA) is 116 Å². The molecule has 7 rings (SSSR count). The molecule has 2 heterocycles. The van der Waals surface area contributed by atoms with Crippen LogP contribution in [0.15, 0.2) is 102 Å². The van der Waals surface area contributed by atoms with Crippen LogP contribution in [0.2, 0.25) is 0 Å². The number of carbonyl (C=O) groups excluding carboxylic acids is 2. The third-order valence-corrected chi connectivity index (χ3v) is 9.26. The molecule has 51 heavy (non-hydrogen) atoms. The molecule has 2 N–H and O–H groups in total. The van der Waals surface area contributed by atoms with E-state index in [9.17, 15) is 14.0 Å². The van der Waals surface area contributed by atoms with Gasteiger partial charge < -0.3 is 24.5 Å². The molecule has 0 aliphatic heterocycles. The highest BCUT2D eigenvalue weighted by Gasteiger charge is 2.50. The minimum atomic E-state index is -0.907. The Morgan fingerprint density at radius 2 is 1.65 bits per heavy atom. The molecule has 2 amide bonds. The Labute approximate surface area is 292 Å². The number of hydrogen-bond acceptors (Lipinski definition) is 7. The number of nitrogens with zero attached hydrogens (tertiary/aromatic N) is 2. The molecule has 1 aliphatic rings. The van der Waals surface area contributed by atoms with Crippen molar-refractivity contribution in [1.82, 2.24) is 20.6 Å². The highest BCUT2D eigenvalue weighted by molar-refractivity contribution is 6.12. The van der Waals surface area contributed by atoms with Crippen molar-refractivity contribution in [3.05, 3.63) is 137 Å². The van der Waals surface area contributed by atoms with E-state index in [1.165, 1.54) is 38.4 Å². The van der Waals surface area contributed by atoms with Gasteiger partial charge in [-0.25, -0.2) is 18.7 Å². The number of aryl methyl sites for hydroxylation is 1. The van der Waals surface area contributed by atoms with Crippen LogP contribution in [-0.4, -0.2) is 42.0 Å². The number of halogens is 2. The Morgan fingerprint density at radius 1 is 0.922 bits per heavy atom. The number of carbonyl (C=O) groups is 2. The van der Waals surface area contributed by atoms with Gasteiger partial charge in [0.25, 0.3) is 11.8 Å². The lowest BCUT2D eigenvalue weighted by Gasteiger charge is -2.46. The number of nitrogens with one attached hydrogen (secondary N) is 2. The zero-order valence-corrected chi connectivity index (χ0v) is 28.1. The van der Waals surface area contributed by atoms with Gasteiger partial charge in [0.05, 0.1) is 36.3 Å². The number of benzene rings is 4. The number of methoxy groups -OCH3 is 1. The maximum absolute atomic E-state index is 16.7. The predicted molar refractivity (Wildman–Crippen MR) is 187 cm³/mol. The molecule has 1 saturated carbocycles. The minimum Gasteiger partial charge on any atom is -0.496 e. The van der Waals surface area contributed by atoms with Crippen molar-refractivity contribution in [2.24, 2.45) is 0 Å². The van der Waals surface area contributed by atoms with Crippen molar-refractivity contribution < 1.29 is 32.3 Å². The van der Waals surface area contributed by atoms with E-state index in [1.807, 2.05) is 30.3 Å². The molecule has 4 aromatic carbocycles. The molecular weight excluding hydrogens is 654 g/mol. The average molecular weight is 689 g/mol. The second-order valence-corrected chi connectivity index (χ2v) is 12.5. The van der Waals surface area contributed by atoms with E-state index in [0.29, 0.717) is 47.7 Å². The van der Waals surface area contributed by atoms with Gasteiger partial charge in [-0.3, -0.25) is 9.59 Å². The first-order valence-electron chi connectivity index (χ1n) is 16.4. The van der Waals surface area contributed by atoms with Crippen LogP contribution in [0.3, 0.4) is 0 Å². The number of furan rings is 1. The molecule has 258 valence electrons. The summed E-state index contributed by atoms with van der Waals surface area (Å²) in [7, 11) is 2.89. The van der Waals surface area contributed by atoms with Gasteiger partial charge in [-0.1, -0.05) is 30.3 Å². The molecule has 0 saturated heterocycles. The molecule has 2 aromatic heterocycles. The van der Waals surface area contributed by atoms with Gasteiger partial charge >= 0.3 is 0 Å². The maximum atomic E-state index is 16.7. The van der Waals surface area contributed by atoms with E-state index in [-0.39, 0.29) is 39.5 Å². The molecule has 0 unspecified atom stereocenters. The Balaban J connectivity index is 1.24. The van der Waals surface area contributed by atoms with E-state index < -0.39 is 29.0 Å². The molecule has 11 heteroatoms. The molecule has 9 nitrogen and oxygen atoms in total. The fourth-order valence-corrected chi connectivity index (χ4v) is 6.62. The number of rotatable bonds is 10. The van der Waals surface area contributed by atoms with Crippen LogP contribution in [0.25, 0.3) is 33.4 Å². The molecule has 0 radical (unpaired) electrons. The smallest absolute Gasteiger partial charge is 0.255 e. The van der Waals surface area contributed by atoms with Crippen molar-refractivity contribution >= 4 is 22.8 Å². The van der Waals surface area contributed by atoms with Gasteiger partial charge in [0.2, 0.25) is 0 Å². The summed E-state index contributed by atoms with van der Waals surface area (Å²) in [4.78, 5) is 36.3. The molecule has 0 spiro atoms. The summed E-state index contributed by atoms with van der Waals surface area (Å²) >= 11 is 0. The SMILES string of the molecule is CNC(=O)c1c(-c2ccc(F)cc2)oc2ccc(-c3cc(C(=O)NC4(c5ncccn5)CC(OCc5ccccc5)C4)c(OC)cc3C)c(F)c12. The quantitative estimate of drug-likeness (QED) is 0.153. The molecule has 1 fully saturated rings. The van der Waals surface area contributed by atoms with Crippen molar-refractivity contribution in [1.29, 1.82) is 0 Å². The third kappa shape index (κ3) is 6.32. The van der Waals surface area contributed by atoms with Gasteiger partial charge in [0.1, 0.15) is 34.3 Å². The van der Waals surface area contributed by atoms with Crippen molar-refractivity contribution in [3.63, 3.8) is 0 Å². The standard InChI is InChI=1S/C40H34F2N4O5/c1-23-18-32(49-3)30(37(47)46-40(39-44-16-7-17-45-39)20-27(21-40)50-22-24-8-5-4-6-9-24)19-29(23)28-14-15-31-33(35(28)42)34(38(48)43-2)36(51-31)25-10-12-26(41)13-11-25/h4-19,27H,20-22H2,1-3H3,(H,43,48)(H,46,47). The van der Waals surface area contributed by atoms with Crippen molar-refractivity contribution in [2.45, 2.75) is 38.0 Å². The van der Waals surface area contributed by atoms with Gasteiger partial charge in [0.15, 0.2) is 5.82 Å². The van der Waals surface area contributed by atoms with E-state index in [2.05, 4.69) is 20.6 Å². The minimum absolute atomic E-state index is 0.0265. The van der Waals surface area contributed by atoms with Crippen LogP contribution >= 0.6 is 0 Å². The molecule has 1 aliphatic carbocycles. The fourth-order valence-electron chi connectivity index (χ4n) is 6.62. The van der Waals surface area contributed by atoms with E-state index in [0.717, 1.165) is 5.56 Å². The Kier molecular flexibility index (Phi) is 9.05. The average Bonchev–Trinajstić information content (AvgIpc) is 3.54. The summed E-state index contributed by atoms with van der Waals surface area (Å²) in [6.45, 7) is 2.21. The summed E-state index contributed by atoms with van der Waals surface area (Å²) in [5, 5.41) is 5.67. The summed E-state index contributed by atoms with van der Waals surface area (Å²) in [6.07, 6.45) is 4.00. The third-order valence-electron chi connectivity index (χ3n) is 9.26. The first-order valence-corrected chi connectivity index (χ1v) is 16.4. The fraction of sp³-hybridized carbons (Fsp3) is 0.200. The zero-order valence-electron chi connectivity index (χ0n) is 28.1. The summed E-state index contributed by atoms with van der Waals surface area (Å²) < 4.78 is 48.2. The second-order valence-electron chi connectivity index (χ2n) is 12.5. The highest BCUT2D eigenvalue weighted by Crippen LogP contribution is 2.44.